The maximum absolute atomic E-state index is 10.0. The summed E-state index contributed by atoms with van der Waals surface area (Å²) in [7, 11) is 0. The Morgan fingerprint density at radius 1 is 1.33 bits per heavy atom. The lowest BCUT2D eigenvalue weighted by Crippen LogP contribution is -1.89. The number of rotatable bonds is 3. The van der Waals surface area contributed by atoms with Crippen LogP contribution in [-0.2, 0) is 4.79 Å². The molecule has 12 heavy (non-hydrogen) atoms. The molecule has 0 heterocycles. The highest BCUT2D eigenvalue weighted by molar-refractivity contribution is 5.65. The second-order valence-electron chi connectivity index (χ2n) is 2.33. The summed E-state index contributed by atoms with van der Waals surface area (Å²) >= 11 is 0. The summed E-state index contributed by atoms with van der Waals surface area (Å²) in [6.45, 7) is 1.74. The molecular formula is C10H10O2. The Morgan fingerprint density at radius 3 is 2.58 bits per heavy atom. The van der Waals surface area contributed by atoms with Crippen molar-refractivity contribution in [1.82, 2.24) is 0 Å². The smallest absolute Gasteiger partial charge is 0.146 e. The minimum absolute atomic E-state index is 0.594. The van der Waals surface area contributed by atoms with E-state index in [1.807, 2.05) is 30.3 Å². The molecule has 1 aromatic rings. The van der Waals surface area contributed by atoms with Crippen LogP contribution in [-0.4, -0.2) is 6.29 Å². The first-order valence-electron chi connectivity index (χ1n) is 3.68. The van der Waals surface area contributed by atoms with E-state index in [-0.39, 0.29) is 0 Å². The van der Waals surface area contributed by atoms with E-state index in [1.165, 1.54) is 6.08 Å². The lowest BCUT2D eigenvalue weighted by Gasteiger charge is -2.02. The maximum atomic E-state index is 10.0. The van der Waals surface area contributed by atoms with Crippen LogP contribution in [0.1, 0.15) is 6.92 Å². The zero-order chi connectivity index (χ0) is 8.81. The Kier molecular flexibility index (Phi) is 3.08. The van der Waals surface area contributed by atoms with Crippen LogP contribution in [0.25, 0.3) is 0 Å². The molecule has 2 nitrogen and oxygen atoms in total. The van der Waals surface area contributed by atoms with Gasteiger partial charge in [-0.25, -0.2) is 0 Å². The monoisotopic (exact) mass is 162 g/mol. The zero-order valence-electron chi connectivity index (χ0n) is 6.86. The van der Waals surface area contributed by atoms with Gasteiger partial charge < -0.3 is 4.74 Å². The quantitative estimate of drug-likeness (QED) is 0.387. The number of allylic oxidation sites excluding steroid dienone is 2. The first-order valence-corrected chi connectivity index (χ1v) is 3.68. The van der Waals surface area contributed by atoms with Crippen LogP contribution in [0.5, 0.6) is 5.75 Å². The van der Waals surface area contributed by atoms with Gasteiger partial charge in [0, 0.05) is 6.08 Å². The Bertz CT molecular complexity index is 275. The van der Waals surface area contributed by atoms with Gasteiger partial charge in [-0.3, -0.25) is 4.79 Å². The average molecular weight is 162 g/mol. The number of hydrogen-bond acceptors (Lipinski definition) is 2. The standard InChI is InChI=1S/C10H10O2/c1-9(7-8-11)12-10-5-3-2-4-6-10/h2-8H,1H3/b9-7+. The van der Waals surface area contributed by atoms with Crippen LogP contribution >= 0.6 is 0 Å². The molecule has 0 bridgehead atoms. The molecule has 0 fully saturated rings. The topological polar surface area (TPSA) is 26.3 Å². The SMILES string of the molecule is C/C(=C\C=O)Oc1ccccc1. The van der Waals surface area contributed by atoms with Crippen LogP contribution in [0.4, 0.5) is 0 Å². The lowest BCUT2D eigenvalue weighted by atomic mass is 10.3. The molecule has 2 heteroatoms. The largest absolute Gasteiger partial charge is 0.462 e. The van der Waals surface area contributed by atoms with E-state index in [1.54, 1.807) is 6.92 Å². The predicted molar refractivity (Wildman–Crippen MR) is 46.9 cm³/mol. The molecule has 0 saturated heterocycles. The Morgan fingerprint density at radius 2 is 2.00 bits per heavy atom. The predicted octanol–water partition coefficient (Wildman–Crippen LogP) is 2.17. The average Bonchev–Trinajstić information content (AvgIpc) is 2.06. The van der Waals surface area contributed by atoms with E-state index in [9.17, 15) is 4.79 Å². The lowest BCUT2D eigenvalue weighted by molar-refractivity contribution is -0.104. The summed E-state index contributed by atoms with van der Waals surface area (Å²) in [4.78, 5) is 10.0. The van der Waals surface area contributed by atoms with Gasteiger partial charge in [-0.05, 0) is 19.1 Å². The number of hydrogen-bond donors (Lipinski definition) is 0. The Hall–Kier alpha value is -1.57. The van der Waals surface area contributed by atoms with Gasteiger partial charge >= 0.3 is 0 Å². The molecular weight excluding hydrogens is 152 g/mol. The zero-order valence-corrected chi connectivity index (χ0v) is 6.86. The van der Waals surface area contributed by atoms with Gasteiger partial charge in [0.1, 0.15) is 17.8 Å². The van der Waals surface area contributed by atoms with Gasteiger partial charge in [0.2, 0.25) is 0 Å². The highest BCUT2D eigenvalue weighted by atomic mass is 16.5. The van der Waals surface area contributed by atoms with E-state index in [4.69, 9.17) is 4.74 Å². The van der Waals surface area contributed by atoms with Gasteiger partial charge in [0.25, 0.3) is 0 Å². The molecule has 0 atom stereocenters. The minimum atomic E-state index is 0.594. The van der Waals surface area contributed by atoms with Crippen molar-refractivity contribution < 1.29 is 9.53 Å². The first-order chi connectivity index (χ1) is 5.83. The fourth-order valence-corrected chi connectivity index (χ4v) is 0.804. The number of ether oxygens (including phenoxy) is 1. The molecule has 0 aliphatic rings. The molecule has 0 amide bonds. The third-order valence-electron chi connectivity index (χ3n) is 1.32. The van der Waals surface area contributed by atoms with Gasteiger partial charge in [0.05, 0.1) is 0 Å². The second-order valence-corrected chi connectivity index (χ2v) is 2.33. The van der Waals surface area contributed by atoms with Crippen LogP contribution in [0, 0.1) is 0 Å². The summed E-state index contributed by atoms with van der Waals surface area (Å²) in [5, 5.41) is 0. The first kappa shape index (κ1) is 8.53. The molecule has 0 radical (unpaired) electrons. The van der Waals surface area contributed by atoms with Crippen molar-refractivity contribution in [2.75, 3.05) is 0 Å². The van der Waals surface area contributed by atoms with Crippen LogP contribution < -0.4 is 4.74 Å². The Labute approximate surface area is 71.5 Å². The number of para-hydroxylation sites is 1. The van der Waals surface area contributed by atoms with Gasteiger partial charge in [-0.2, -0.15) is 0 Å². The molecule has 0 aromatic heterocycles. The summed E-state index contributed by atoms with van der Waals surface area (Å²) in [6, 6.07) is 9.34. The normalized spacial score (nSPS) is 10.9. The molecule has 0 spiro atoms. The molecule has 1 aromatic carbocycles. The summed E-state index contributed by atoms with van der Waals surface area (Å²) in [6.07, 6.45) is 2.09. The molecule has 0 unspecified atom stereocenters. The van der Waals surface area contributed by atoms with Crippen LogP contribution in [0.15, 0.2) is 42.2 Å². The van der Waals surface area contributed by atoms with Gasteiger partial charge in [-0.1, -0.05) is 18.2 Å². The van der Waals surface area contributed by atoms with E-state index in [0.29, 0.717) is 12.0 Å². The van der Waals surface area contributed by atoms with E-state index in [2.05, 4.69) is 0 Å². The summed E-state index contributed by atoms with van der Waals surface area (Å²) in [5.74, 6) is 1.34. The molecule has 0 N–H and O–H groups in total. The fraction of sp³-hybridized carbons (Fsp3) is 0.100. The molecule has 62 valence electrons. The highest BCUT2D eigenvalue weighted by Gasteiger charge is 1.91. The third-order valence-corrected chi connectivity index (χ3v) is 1.32. The highest BCUT2D eigenvalue weighted by Crippen LogP contribution is 2.11. The third kappa shape index (κ3) is 2.58. The number of aldehydes is 1. The number of carbonyl (C=O) groups is 1. The van der Waals surface area contributed by atoms with E-state index < -0.39 is 0 Å². The molecule has 1 rings (SSSR count). The van der Waals surface area contributed by atoms with Gasteiger partial charge in [0.15, 0.2) is 0 Å². The van der Waals surface area contributed by atoms with Gasteiger partial charge in [-0.15, -0.1) is 0 Å². The van der Waals surface area contributed by atoms with Crippen molar-refractivity contribution in [3.8, 4) is 5.75 Å². The van der Waals surface area contributed by atoms with E-state index in [0.717, 1.165) is 5.75 Å². The molecule has 0 aliphatic heterocycles. The fourth-order valence-electron chi connectivity index (χ4n) is 0.804. The second kappa shape index (κ2) is 4.34. The van der Waals surface area contributed by atoms with Crippen molar-refractivity contribution in [3.05, 3.63) is 42.2 Å². The Balaban J connectivity index is 2.64. The van der Waals surface area contributed by atoms with Crippen LogP contribution in [0.3, 0.4) is 0 Å². The summed E-state index contributed by atoms with van der Waals surface area (Å²) in [5.41, 5.74) is 0. The van der Waals surface area contributed by atoms with Crippen molar-refractivity contribution in [3.63, 3.8) is 0 Å². The molecule has 0 aliphatic carbocycles. The number of benzene rings is 1. The summed E-state index contributed by atoms with van der Waals surface area (Å²) < 4.78 is 5.28. The van der Waals surface area contributed by atoms with Crippen molar-refractivity contribution >= 4 is 6.29 Å². The number of carbonyl (C=O) groups excluding carboxylic acids is 1. The van der Waals surface area contributed by atoms with Crippen molar-refractivity contribution in [2.45, 2.75) is 6.92 Å². The van der Waals surface area contributed by atoms with E-state index >= 15 is 0 Å². The molecule has 0 saturated carbocycles. The van der Waals surface area contributed by atoms with Crippen molar-refractivity contribution in [2.24, 2.45) is 0 Å². The van der Waals surface area contributed by atoms with Crippen LogP contribution in [0.2, 0.25) is 0 Å². The maximum Gasteiger partial charge on any atom is 0.146 e. The minimum Gasteiger partial charge on any atom is -0.462 e. The van der Waals surface area contributed by atoms with Crippen molar-refractivity contribution in [1.29, 1.82) is 0 Å².